The second-order valence-corrected chi connectivity index (χ2v) is 7.02. The average molecular weight is 312 g/mol. The highest BCUT2D eigenvalue weighted by molar-refractivity contribution is 7.85. The molecule has 0 spiro atoms. The molecule has 1 atom stereocenters. The molecule has 2 aromatic carbocycles. The van der Waals surface area contributed by atoms with E-state index in [4.69, 9.17) is 0 Å². The van der Waals surface area contributed by atoms with Crippen molar-refractivity contribution in [3.63, 3.8) is 0 Å². The lowest BCUT2D eigenvalue weighted by atomic mass is 9.96. The first kappa shape index (κ1) is 16.4. The van der Waals surface area contributed by atoms with Crippen LogP contribution in [0, 0.1) is 12.8 Å². The summed E-state index contributed by atoms with van der Waals surface area (Å²) in [7, 11) is -1.33. The molecule has 114 valence electrons. The average Bonchev–Trinajstić information content (AvgIpc) is 2.53. The van der Waals surface area contributed by atoms with E-state index in [2.05, 4.69) is 6.58 Å². The van der Waals surface area contributed by atoms with Gasteiger partial charge in [-0.25, -0.2) is 4.21 Å². The fourth-order valence-corrected chi connectivity index (χ4v) is 3.38. The first-order valence-corrected chi connectivity index (χ1v) is 8.37. The Morgan fingerprint density at radius 1 is 1.05 bits per heavy atom. The minimum absolute atomic E-state index is 0.0200. The largest absolute Gasteiger partial charge is 0.294 e. The number of hydrogen-bond acceptors (Lipinski definition) is 2. The van der Waals surface area contributed by atoms with Crippen LogP contribution in [-0.2, 0) is 15.6 Å². The van der Waals surface area contributed by atoms with Crippen LogP contribution in [-0.4, -0.2) is 9.99 Å². The van der Waals surface area contributed by atoms with Gasteiger partial charge in [0.25, 0.3) is 0 Å². The Bertz CT molecular complexity index is 727. The molecule has 0 bridgehead atoms. The number of carbonyl (C=O) groups excluding carboxylic acids is 1. The monoisotopic (exact) mass is 312 g/mol. The highest BCUT2D eigenvalue weighted by Crippen LogP contribution is 2.27. The van der Waals surface area contributed by atoms with Crippen LogP contribution in [0.3, 0.4) is 0 Å². The zero-order chi connectivity index (χ0) is 16.3. The quantitative estimate of drug-likeness (QED) is 0.767. The van der Waals surface area contributed by atoms with Crippen LogP contribution in [0.4, 0.5) is 0 Å². The van der Waals surface area contributed by atoms with Gasteiger partial charge in [-0.3, -0.25) is 4.79 Å². The minimum atomic E-state index is -1.33. The summed E-state index contributed by atoms with van der Waals surface area (Å²) in [4.78, 5) is 13.6. The van der Waals surface area contributed by atoms with Gasteiger partial charge in [0.2, 0.25) is 0 Å². The highest BCUT2D eigenvalue weighted by Gasteiger charge is 2.19. The molecule has 0 unspecified atom stereocenters. The van der Waals surface area contributed by atoms with Crippen molar-refractivity contribution in [2.24, 2.45) is 5.92 Å². The Kier molecular flexibility index (Phi) is 5.09. The van der Waals surface area contributed by atoms with E-state index in [-0.39, 0.29) is 11.7 Å². The van der Waals surface area contributed by atoms with Crippen molar-refractivity contribution in [2.75, 3.05) is 0 Å². The van der Waals surface area contributed by atoms with E-state index in [9.17, 15) is 9.00 Å². The van der Waals surface area contributed by atoms with Crippen LogP contribution in [0.1, 0.15) is 25.0 Å². The van der Waals surface area contributed by atoms with Crippen LogP contribution in [0.15, 0.2) is 64.9 Å². The van der Waals surface area contributed by atoms with E-state index in [1.165, 1.54) is 0 Å². The summed E-state index contributed by atoms with van der Waals surface area (Å²) in [6.07, 6.45) is 0. The van der Waals surface area contributed by atoms with Crippen molar-refractivity contribution in [3.8, 4) is 0 Å². The molecule has 0 heterocycles. The number of aryl methyl sites for hydroxylation is 1. The van der Waals surface area contributed by atoms with Crippen LogP contribution < -0.4 is 0 Å². The van der Waals surface area contributed by atoms with Gasteiger partial charge in [0.05, 0.1) is 15.7 Å². The molecule has 0 aromatic heterocycles. The maximum absolute atomic E-state index is 12.8. The zero-order valence-corrected chi connectivity index (χ0v) is 13.9. The summed E-state index contributed by atoms with van der Waals surface area (Å²) < 4.78 is 12.8. The third-order valence-electron chi connectivity index (χ3n) is 3.47. The SMILES string of the molecule is C=C(C(=O)C(C)C)c1ccccc1[S@@](=O)c1ccc(C)cc1. The Morgan fingerprint density at radius 3 is 2.23 bits per heavy atom. The third kappa shape index (κ3) is 3.42. The van der Waals surface area contributed by atoms with Gasteiger partial charge < -0.3 is 0 Å². The van der Waals surface area contributed by atoms with E-state index in [0.717, 1.165) is 10.5 Å². The number of benzene rings is 2. The zero-order valence-electron chi connectivity index (χ0n) is 13.1. The van der Waals surface area contributed by atoms with Crippen molar-refractivity contribution in [1.82, 2.24) is 0 Å². The Morgan fingerprint density at radius 2 is 1.64 bits per heavy atom. The van der Waals surface area contributed by atoms with E-state index in [1.54, 1.807) is 6.07 Å². The fourth-order valence-electron chi connectivity index (χ4n) is 2.15. The molecule has 0 aliphatic rings. The molecular weight excluding hydrogens is 292 g/mol. The molecule has 0 aliphatic carbocycles. The van der Waals surface area contributed by atoms with E-state index in [0.29, 0.717) is 16.0 Å². The molecule has 0 aliphatic heterocycles. The summed E-state index contributed by atoms with van der Waals surface area (Å²) in [5, 5.41) is 0. The van der Waals surface area contributed by atoms with Crippen LogP contribution in [0.2, 0.25) is 0 Å². The van der Waals surface area contributed by atoms with Crippen molar-refractivity contribution in [3.05, 3.63) is 66.2 Å². The fraction of sp³-hybridized carbons (Fsp3) is 0.211. The van der Waals surface area contributed by atoms with E-state index < -0.39 is 10.8 Å². The molecule has 0 amide bonds. The molecular formula is C19H20O2S. The lowest BCUT2D eigenvalue weighted by molar-refractivity contribution is -0.116. The number of rotatable bonds is 5. The minimum Gasteiger partial charge on any atom is -0.294 e. The van der Waals surface area contributed by atoms with Gasteiger partial charge in [-0.05, 0) is 25.1 Å². The number of ketones is 1. The van der Waals surface area contributed by atoms with Crippen molar-refractivity contribution in [2.45, 2.75) is 30.6 Å². The predicted molar refractivity (Wildman–Crippen MR) is 91.2 cm³/mol. The summed E-state index contributed by atoms with van der Waals surface area (Å²) >= 11 is 0. The van der Waals surface area contributed by atoms with Crippen molar-refractivity contribution >= 4 is 22.2 Å². The second-order valence-electron chi connectivity index (χ2n) is 5.58. The van der Waals surface area contributed by atoms with Gasteiger partial charge in [-0.1, -0.05) is 56.3 Å². The second kappa shape index (κ2) is 6.84. The van der Waals surface area contributed by atoms with Gasteiger partial charge in [-0.2, -0.15) is 0 Å². The molecule has 2 rings (SSSR count). The molecule has 3 heteroatoms. The first-order valence-electron chi connectivity index (χ1n) is 7.22. The van der Waals surface area contributed by atoms with E-state index in [1.807, 2.05) is 63.2 Å². The molecule has 0 N–H and O–H groups in total. The third-order valence-corrected chi connectivity index (χ3v) is 4.92. The smallest absolute Gasteiger partial charge is 0.165 e. The van der Waals surface area contributed by atoms with Crippen molar-refractivity contribution in [1.29, 1.82) is 0 Å². The highest BCUT2D eigenvalue weighted by atomic mass is 32.2. The first-order chi connectivity index (χ1) is 10.4. The van der Waals surface area contributed by atoms with Gasteiger partial charge >= 0.3 is 0 Å². The van der Waals surface area contributed by atoms with Gasteiger partial charge in [-0.15, -0.1) is 0 Å². The predicted octanol–water partition coefficient (Wildman–Crippen LogP) is 4.40. The normalized spacial score (nSPS) is 12.2. The van der Waals surface area contributed by atoms with Gasteiger partial charge in [0.15, 0.2) is 5.78 Å². The maximum atomic E-state index is 12.8. The molecule has 2 nitrogen and oxygen atoms in total. The number of allylic oxidation sites excluding steroid dienone is 1. The Balaban J connectivity index is 2.44. The van der Waals surface area contributed by atoms with Crippen molar-refractivity contribution < 1.29 is 9.00 Å². The molecule has 0 saturated heterocycles. The van der Waals surface area contributed by atoms with Gasteiger partial charge in [0.1, 0.15) is 0 Å². The lowest BCUT2D eigenvalue weighted by Gasteiger charge is -2.13. The number of hydrogen-bond donors (Lipinski definition) is 0. The topological polar surface area (TPSA) is 34.1 Å². The maximum Gasteiger partial charge on any atom is 0.165 e. The molecule has 0 radical (unpaired) electrons. The number of Topliss-reactive ketones (excluding diaryl/α,β-unsaturated/α-hetero) is 1. The molecule has 2 aromatic rings. The van der Waals surface area contributed by atoms with Crippen LogP contribution in [0.25, 0.3) is 5.57 Å². The Labute approximate surface area is 134 Å². The summed E-state index contributed by atoms with van der Waals surface area (Å²) in [6, 6.07) is 14.9. The summed E-state index contributed by atoms with van der Waals surface area (Å²) in [5.41, 5.74) is 2.21. The summed E-state index contributed by atoms with van der Waals surface area (Å²) in [6.45, 7) is 9.58. The molecule has 0 fully saturated rings. The van der Waals surface area contributed by atoms with Crippen LogP contribution >= 0.6 is 0 Å². The summed E-state index contributed by atoms with van der Waals surface area (Å²) in [5.74, 6) is -0.151. The standard InChI is InChI=1S/C19H20O2S/c1-13(2)19(20)15(4)17-7-5-6-8-18(17)22(21)16-11-9-14(3)10-12-16/h5-13H,4H2,1-3H3/t22-/m0/s1. The molecule has 22 heavy (non-hydrogen) atoms. The van der Waals surface area contributed by atoms with E-state index >= 15 is 0 Å². The Hall–Kier alpha value is -2.00. The number of carbonyl (C=O) groups is 1. The molecule has 0 saturated carbocycles. The van der Waals surface area contributed by atoms with Crippen LogP contribution in [0.5, 0.6) is 0 Å². The van der Waals surface area contributed by atoms with Gasteiger partial charge in [0, 0.05) is 21.9 Å². The lowest BCUT2D eigenvalue weighted by Crippen LogP contribution is -2.10.